The number of hydrogen-bond acceptors (Lipinski definition) is 4. The lowest BCUT2D eigenvalue weighted by Crippen LogP contribution is -2.17. The van der Waals surface area contributed by atoms with Crippen molar-refractivity contribution in [1.29, 1.82) is 5.26 Å². The summed E-state index contributed by atoms with van der Waals surface area (Å²) in [7, 11) is 1.29. The molecule has 1 N–H and O–H groups in total. The molecule has 0 fully saturated rings. The van der Waals surface area contributed by atoms with Crippen molar-refractivity contribution < 1.29 is 18.7 Å². The Hall–Kier alpha value is -3.07. The van der Waals surface area contributed by atoms with Crippen LogP contribution in [0.3, 0.4) is 0 Å². The molecule has 0 heterocycles. The molecule has 6 heteroatoms. The summed E-state index contributed by atoms with van der Waals surface area (Å²) in [4.78, 5) is 11.8. The van der Waals surface area contributed by atoms with E-state index in [1.807, 2.05) is 0 Å². The standard InChI is InChI=1S/C15H11FN2O3/c1-20-14-8-13(10(9-17)7-12(14)16)18-15(19)21-11-5-3-2-4-6-11/h2-8H,1H3,(H,18,19). The fourth-order valence-corrected chi connectivity index (χ4v) is 1.64. The van der Waals surface area contributed by atoms with Crippen LogP contribution in [0.2, 0.25) is 0 Å². The maximum atomic E-state index is 13.5. The van der Waals surface area contributed by atoms with E-state index in [0.717, 1.165) is 6.07 Å². The summed E-state index contributed by atoms with van der Waals surface area (Å²) in [6, 6.07) is 12.4. The van der Waals surface area contributed by atoms with Gasteiger partial charge in [0.2, 0.25) is 0 Å². The van der Waals surface area contributed by atoms with Gasteiger partial charge < -0.3 is 9.47 Å². The van der Waals surface area contributed by atoms with E-state index in [1.165, 1.54) is 13.2 Å². The molecule has 0 aliphatic rings. The molecule has 0 atom stereocenters. The SMILES string of the molecule is COc1cc(NC(=O)Oc2ccccc2)c(C#N)cc1F. The van der Waals surface area contributed by atoms with E-state index in [0.29, 0.717) is 5.75 Å². The van der Waals surface area contributed by atoms with Gasteiger partial charge in [0.15, 0.2) is 11.6 Å². The van der Waals surface area contributed by atoms with Crippen LogP contribution >= 0.6 is 0 Å². The number of ether oxygens (including phenoxy) is 2. The summed E-state index contributed by atoms with van der Waals surface area (Å²) >= 11 is 0. The number of methoxy groups -OCH3 is 1. The molecule has 5 nitrogen and oxygen atoms in total. The highest BCUT2D eigenvalue weighted by Crippen LogP contribution is 2.26. The van der Waals surface area contributed by atoms with E-state index < -0.39 is 11.9 Å². The summed E-state index contributed by atoms with van der Waals surface area (Å²) in [5, 5.41) is 11.3. The summed E-state index contributed by atoms with van der Waals surface area (Å²) in [6.45, 7) is 0. The van der Waals surface area contributed by atoms with Gasteiger partial charge in [-0.1, -0.05) is 18.2 Å². The second-order valence-corrected chi connectivity index (χ2v) is 3.97. The van der Waals surface area contributed by atoms with E-state index >= 15 is 0 Å². The number of amides is 1. The molecule has 2 rings (SSSR count). The molecule has 0 aliphatic carbocycles. The first kappa shape index (κ1) is 14.3. The van der Waals surface area contributed by atoms with Gasteiger partial charge in [0, 0.05) is 6.07 Å². The van der Waals surface area contributed by atoms with Crippen LogP contribution in [0.5, 0.6) is 11.5 Å². The minimum absolute atomic E-state index is 0.0293. The molecule has 2 aromatic rings. The van der Waals surface area contributed by atoms with Crippen molar-refractivity contribution in [3.05, 3.63) is 53.8 Å². The van der Waals surface area contributed by atoms with Crippen LogP contribution in [0.15, 0.2) is 42.5 Å². The normalized spacial score (nSPS) is 9.57. The number of nitrogens with one attached hydrogen (secondary N) is 1. The molecule has 106 valence electrons. The number of anilines is 1. The third kappa shape index (κ3) is 3.48. The van der Waals surface area contributed by atoms with Gasteiger partial charge in [-0.05, 0) is 18.2 Å². The molecule has 0 bridgehead atoms. The zero-order valence-corrected chi connectivity index (χ0v) is 11.1. The molecule has 21 heavy (non-hydrogen) atoms. The Balaban J connectivity index is 2.19. The van der Waals surface area contributed by atoms with Crippen molar-refractivity contribution in [1.82, 2.24) is 0 Å². The van der Waals surface area contributed by atoms with Crippen LogP contribution in [-0.2, 0) is 0 Å². The summed E-state index contributed by atoms with van der Waals surface area (Å²) < 4.78 is 23.3. The van der Waals surface area contributed by atoms with Crippen LogP contribution in [0, 0.1) is 17.1 Å². The second-order valence-electron chi connectivity index (χ2n) is 3.97. The topological polar surface area (TPSA) is 71.3 Å². The van der Waals surface area contributed by atoms with Crippen molar-refractivity contribution >= 4 is 11.8 Å². The first-order valence-corrected chi connectivity index (χ1v) is 5.95. The predicted octanol–water partition coefficient (Wildman–Crippen LogP) is 3.32. The van der Waals surface area contributed by atoms with Crippen LogP contribution in [-0.4, -0.2) is 13.2 Å². The van der Waals surface area contributed by atoms with Gasteiger partial charge in [-0.25, -0.2) is 9.18 Å². The minimum atomic E-state index is -0.786. The van der Waals surface area contributed by atoms with Gasteiger partial charge >= 0.3 is 6.09 Å². The fraction of sp³-hybridized carbons (Fsp3) is 0.0667. The average Bonchev–Trinajstić information content (AvgIpc) is 2.49. The van der Waals surface area contributed by atoms with E-state index in [2.05, 4.69) is 5.32 Å². The highest BCUT2D eigenvalue weighted by molar-refractivity contribution is 5.88. The Morgan fingerprint density at radius 2 is 2.00 bits per heavy atom. The number of rotatable bonds is 3. The van der Waals surface area contributed by atoms with Crippen molar-refractivity contribution in [3.63, 3.8) is 0 Å². The summed E-state index contributed by atoms with van der Waals surface area (Å²) in [5.74, 6) is -0.414. The van der Waals surface area contributed by atoms with Crippen LogP contribution in [0.1, 0.15) is 5.56 Å². The Bertz CT molecular complexity index is 696. The Morgan fingerprint density at radius 3 is 2.62 bits per heavy atom. The number of halogens is 1. The fourth-order valence-electron chi connectivity index (χ4n) is 1.64. The molecule has 0 radical (unpaired) electrons. The molecule has 1 amide bonds. The van der Waals surface area contributed by atoms with Crippen LogP contribution in [0.4, 0.5) is 14.9 Å². The third-order valence-electron chi connectivity index (χ3n) is 2.60. The van der Waals surface area contributed by atoms with E-state index in [4.69, 9.17) is 14.7 Å². The molecule has 0 aliphatic heterocycles. The zero-order valence-electron chi connectivity index (χ0n) is 11.1. The second kappa shape index (κ2) is 6.39. The monoisotopic (exact) mass is 286 g/mol. The van der Waals surface area contributed by atoms with E-state index in [-0.39, 0.29) is 17.0 Å². The first-order valence-electron chi connectivity index (χ1n) is 5.95. The zero-order chi connectivity index (χ0) is 15.2. The van der Waals surface area contributed by atoms with Crippen molar-refractivity contribution in [2.75, 3.05) is 12.4 Å². The molecule has 0 spiro atoms. The van der Waals surface area contributed by atoms with Gasteiger partial charge in [-0.15, -0.1) is 0 Å². The van der Waals surface area contributed by atoms with Crippen molar-refractivity contribution in [2.24, 2.45) is 0 Å². The molecule has 0 unspecified atom stereocenters. The Labute approximate surface area is 120 Å². The highest BCUT2D eigenvalue weighted by atomic mass is 19.1. The van der Waals surface area contributed by atoms with Gasteiger partial charge in [0.25, 0.3) is 0 Å². The number of benzene rings is 2. The molecular formula is C15H11FN2O3. The van der Waals surface area contributed by atoms with Crippen molar-refractivity contribution in [2.45, 2.75) is 0 Å². The summed E-state index contributed by atoms with van der Waals surface area (Å²) in [6.07, 6.45) is -0.786. The Morgan fingerprint density at radius 1 is 1.29 bits per heavy atom. The number of hydrogen-bond donors (Lipinski definition) is 1. The molecule has 0 saturated carbocycles. The Kier molecular flexibility index (Phi) is 4.36. The van der Waals surface area contributed by atoms with E-state index in [9.17, 15) is 9.18 Å². The minimum Gasteiger partial charge on any atom is -0.494 e. The van der Waals surface area contributed by atoms with Crippen molar-refractivity contribution in [3.8, 4) is 17.6 Å². The lowest BCUT2D eigenvalue weighted by atomic mass is 10.2. The number of nitriles is 1. The quantitative estimate of drug-likeness (QED) is 0.939. The van der Waals surface area contributed by atoms with Gasteiger partial charge in [0.1, 0.15) is 11.8 Å². The summed E-state index contributed by atoms with van der Waals surface area (Å²) in [5.41, 5.74) is 0.0787. The molecule has 0 aromatic heterocycles. The number of nitrogens with zero attached hydrogens (tertiary/aromatic N) is 1. The first-order chi connectivity index (χ1) is 10.1. The number of carbonyl (C=O) groups excluding carboxylic acids is 1. The lowest BCUT2D eigenvalue weighted by molar-refractivity contribution is 0.215. The number of para-hydroxylation sites is 1. The maximum absolute atomic E-state index is 13.5. The highest BCUT2D eigenvalue weighted by Gasteiger charge is 2.13. The van der Waals surface area contributed by atoms with Gasteiger partial charge in [0.05, 0.1) is 18.4 Å². The molecule has 2 aromatic carbocycles. The number of carbonyl (C=O) groups is 1. The smallest absolute Gasteiger partial charge is 0.417 e. The largest absolute Gasteiger partial charge is 0.494 e. The average molecular weight is 286 g/mol. The van der Waals surface area contributed by atoms with Gasteiger partial charge in [-0.2, -0.15) is 5.26 Å². The molecule has 0 saturated heterocycles. The third-order valence-corrected chi connectivity index (χ3v) is 2.60. The van der Waals surface area contributed by atoms with Crippen LogP contribution in [0.25, 0.3) is 0 Å². The van der Waals surface area contributed by atoms with E-state index in [1.54, 1.807) is 36.4 Å². The lowest BCUT2D eigenvalue weighted by Gasteiger charge is -2.10. The van der Waals surface area contributed by atoms with Gasteiger partial charge in [-0.3, -0.25) is 5.32 Å². The van der Waals surface area contributed by atoms with Crippen LogP contribution < -0.4 is 14.8 Å². The maximum Gasteiger partial charge on any atom is 0.417 e. The molecular weight excluding hydrogens is 275 g/mol. The predicted molar refractivity (Wildman–Crippen MR) is 73.8 cm³/mol.